The lowest BCUT2D eigenvalue weighted by molar-refractivity contribution is 0.0351. The van der Waals surface area contributed by atoms with Crippen LogP contribution in [0.5, 0.6) is 5.75 Å². The lowest BCUT2D eigenvalue weighted by atomic mass is 9.93. The monoisotopic (exact) mass is 504 g/mol. The van der Waals surface area contributed by atoms with Crippen LogP contribution in [0, 0.1) is 5.82 Å². The number of likely N-dealkylation sites (N-methyl/N-ethyl adjacent to an activating group) is 1. The van der Waals surface area contributed by atoms with Crippen LogP contribution in [0.2, 0.25) is 0 Å². The van der Waals surface area contributed by atoms with Crippen LogP contribution in [0.3, 0.4) is 0 Å². The number of nitrogens with zero attached hydrogens (tertiary/aromatic N) is 5. The summed E-state index contributed by atoms with van der Waals surface area (Å²) >= 11 is 0. The third-order valence-corrected chi connectivity index (χ3v) is 6.82. The van der Waals surface area contributed by atoms with Gasteiger partial charge in [-0.3, -0.25) is 4.98 Å². The summed E-state index contributed by atoms with van der Waals surface area (Å²) in [7, 11) is 4.00. The van der Waals surface area contributed by atoms with Gasteiger partial charge < -0.3 is 25.0 Å². The van der Waals surface area contributed by atoms with Crippen molar-refractivity contribution >= 4 is 39.0 Å². The molecule has 5 rings (SSSR count). The lowest BCUT2D eigenvalue weighted by Crippen LogP contribution is -2.42. The summed E-state index contributed by atoms with van der Waals surface area (Å²) in [6.45, 7) is 6.09. The van der Waals surface area contributed by atoms with E-state index in [1.54, 1.807) is 30.5 Å². The number of hydrogen-bond acceptors (Lipinski definition) is 8. The van der Waals surface area contributed by atoms with E-state index in [2.05, 4.69) is 30.1 Å². The normalized spacial score (nSPS) is 16.4. The smallest absolute Gasteiger partial charge is 0.156 e. The molecule has 37 heavy (non-hydrogen) atoms. The molecule has 1 aliphatic heterocycles. The highest BCUT2D eigenvalue weighted by molar-refractivity contribution is 5.98. The van der Waals surface area contributed by atoms with Gasteiger partial charge >= 0.3 is 0 Å². The van der Waals surface area contributed by atoms with E-state index in [-0.39, 0.29) is 6.10 Å². The van der Waals surface area contributed by atoms with E-state index in [9.17, 15) is 5.11 Å². The molecule has 1 saturated heterocycles. The maximum Gasteiger partial charge on any atom is 0.156 e. The Bertz CT molecular complexity index is 1420. The molecule has 194 valence electrons. The Morgan fingerprint density at radius 3 is 2.68 bits per heavy atom. The van der Waals surface area contributed by atoms with Crippen molar-refractivity contribution in [1.29, 1.82) is 0 Å². The number of anilines is 3. The van der Waals surface area contributed by atoms with Gasteiger partial charge in [-0.05, 0) is 71.1 Å². The highest BCUT2D eigenvalue weighted by Gasteiger charge is 2.28. The number of rotatable bonds is 7. The van der Waals surface area contributed by atoms with Gasteiger partial charge in [0.15, 0.2) is 5.82 Å². The average Bonchev–Trinajstić information content (AvgIpc) is 2.85. The van der Waals surface area contributed by atoms with Crippen LogP contribution in [0.25, 0.3) is 21.8 Å². The molecule has 3 heterocycles. The lowest BCUT2D eigenvalue weighted by Gasteiger charge is -2.37. The van der Waals surface area contributed by atoms with E-state index in [1.807, 2.05) is 40.1 Å². The van der Waals surface area contributed by atoms with Crippen LogP contribution in [0.1, 0.15) is 26.7 Å². The van der Waals surface area contributed by atoms with Gasteiger partial charge in [0.2, 0.25) is 0 Å². The number of aliphatic hydroxyl groups is 1. The van der Waals surface area contributed by atoms with Crippen LogP contribution in [-0.2, 0) is 0 Å². The molecule has 0 bridgehead atoms. The van der Waals surface area contributed by atoms with Gasteiger partial charge in [-0.25, -0.2) is 14.4 Å². The van der Waals surface area contributed by atoms with Crippen molar-refractivity contribution in [2.75, 3.05) is 43.9 Å². The van der Waals surface area contributed by atoms with Crippen LogP contribution in [0.15, 0.2) is 48.9 Å². The Hall–Kier alpha value is -3.56. The fourth-order valence-electron chi connectivity index (χ4n) is 4.87. The van der Waals surface area contributed by atoms with Gasteiger partial charge in [0.25, 0.3) is 0 Å². The zero-order valence-corrected chi connectivity index (χ0v) is 21.7. The Morgan fingerprint density at radius 1 is 1.14 bits per heavy atom. The number of pyridine rings is 1. The molecule has 0 spiro atoms. The first-order chi connectivity index (χ1) is 17.7. The van der Waals surface area contributed by atoms with E-state index >= 15 is 4.39 Å². The second kappa shape index (κ2) is 10.1. The summed E-state index contributed by atoms with van der Waals surface area (Å²) in [4.78, 5) is 17.6. The third-order valence-electron chi connectivity index (χ3n) is 6.82. The number of hydrogen-bond donors (Lipinski definition) is 2. The molecule has 8 nitrogen and oxygen atoms in total. The van der Waals surface area contributed by atoms with Crippen molar-refractivity contribution in [3.05, 3.63) is 54.7 Å². The third kappa shape index (κ3) is 5.42. The number of piperidine rings is 1. The van der Waals surface area contributed by atoms with Crippen molar-refractivity contribution in [3.8, 4) is 5.75 Å². The highest BCUT2D eigenvalue weighted by Crippen LogP contribution is 2.38. The molecular formula is C28H33FN6O2. The Kier molecular flexibility index (Phi) is 6.83. The van der Waals surface area contributed by atoms with E-state index in [1.165, 1.54) is 6.33 Å². The second-order valence-electron chi connectivity index (χ2n) is 10.4. The summed E-state index contributed by atoms with van der Waals surface area (Å²) in [5.41, 5.74) is 1.91. The molecule has 1 atom stereocenters. The Labute approximate surface area is 216 Å². The van der Waals surface area contributed by atoms with Crippen molar-refractivity contribution in [2.24, 2.45) is 0 Å². The van der Waals surface area contributed by atoms with Crippen molar-refractivity contribution < 1.29 is 14.2 Å². The van der Waals surface area contributed by atoms with E-state index < -0.39 is 11.4 Å². The predicted molar refractivity (Wildman–Crippen MR) is 145 cm³/mol. The molecular weight excluding hydrogens is 471 g/mol. The molecule has 2 N–H and O–H groups in total. The molecule has 4 aromatic rings. The van der Waals surface area contributed by atoms with E-state index in [0.29, 0.717) is 51.9 Å². The van der Waals surface area contributed by atoms with Gasteiger partial charge in [-0.15, -0.1) is 0 Å². The van der Waals surface area contributed by atoms with E-state index in [4.69, 9.17) is 4.74 Å². The number of nitrogens with one attached hydrogen (secondary N) is 1. The van der Waals surface area contributed by atoms with Gasteiger partial charge in [0.05, 0.1) is 27.7 Å². The first-order valence-electron chi connectivity index (χ1n) is 12.6. The predicted octanol–water partition coefficient (Wildman–Crippen LogP) is 4.74. The molecule has 0 saturated carbocycles. The standard InChI is InChI=1S/C28H33FN6O2/c1-18(16-34(3)4)37-24-15-19(35-12-9-28(2,36)10-13-35)14-23-25(24)27(32-17-31-23)33-22-8-7-21-20(26(22)29)6-5-11-30-21/h5-8,11,14-15,17-18,36H,9-10,12-13,16H2,1-4H3,(H,31,32,33)/t18-/m1/s1. The fourth-order valence-corrected chi connectivity index (χ4v) is 4.87. The minimum absolute atomic E-state index is 0.105. The number of fused-ring (bicyclic) bond motifs is 2. The van der Waals surface area contributed by atoms with Crippen molar-refractivity contribution in [3.63, 3.8) is 0 Å². The van der Waals surface area contributed by atoms with Crippen LogP contribution < -0.4 is 15.0 Å². The average molecular weight is 505 g/mol. The van der Waals surface area contributed by atoms with Crippen molar-refractivity contribution in [2.45, 2.75) is 38.4 Å². The molecule has 0 aliphatic carbocycles. The first-order valence-corrected chi connectivity index (χ1v) is 12.6. The van der Waals surface area contributed by atoms with Crippen LogP contribution in [-0.4, -0.2) is 70.4 Å². The minimum Gasteiger partial charge on any atom is -0.488 e. The van der Waals surface area contributed by atoms with E-state index in [0.717, 1.165) is 25.3 Å². The summed E-state index contributed by atoms with van der Waals surface area (Å²) in [6.07, 6.45) is 4.39. The maximum absolute atomic E-state index is 15.4. The zero-order valence-electron chi connectivity index (χ0n) is 21.7. The summed E-state index contributed by atoms with van der Waals surface area (Å²) < 4.78 is 21.8. The molecule has 1 aliphatic rings. The number of aromatic nitrogens is 3. The minimum atomic E-state index is -0.647. The van der Waals surface area contributed by atoms with Gasteiger partial charge in [-0.2, -0.15) is 0 Å². The topological polar surface area (TPSA) is 86.6 Å². The molecule has 9 heteroatoms. The number of benzene rings is 2. The summed E-state index contributed by atoms with van der Waals surface area (Å²) in [5.74, 6) is 0.704. The van der Waals surface area contributed by atoms with Crippen LogP contribution in [0.4, 0.5) is 21.6 Å². The molecule has 0 amide bonds. The summed E-state index contributed by atoms with van der Waals surface area (Å²) in [5, 5.41) is 14.7. The molecule has 2 aromatic heterocycles. The van der Waals surface area contributed by atoms with Gasteiger partial charge in [-0.1, -0.05) is 0 Å². The molecule has 0 unspecified atom stereocenters. The summed E-state index contributed by atoms with van der Waals surface area (Å²) in [6, 6.07) is 10.9. The number of halogens is 1. The molecule has 1 fully saturated rings. The van der Waals surface area contributed by atoms with Crippen LogP contribution >= 0.6 is 0 Å². The molecule has 2 aromatic carbocycles. The van der Waals surface area contributed by atoms with Gasteiger partial charge in [0, 0.05) is 43.0 Å². The SMILES string of the molecule is C[C@H](CN(C)C)Oc1cc(N2CCC(C)(O)CC2)cc2ncnc(Nc3ccc4ncccc4c3F)c12. The fraction of sp³-hybridized carbons (Fsp3) is 0.393. The highest BCUT2D eigenvalue weighted by atomic mass is 19.1. The first kappa shape index (κ1) is 25.1. The quantitative estimate of drug-likeness (QED) is 0.373. The molecule has 0 radical (unpaired) electrons. The van der Waals surface area contributed by atoms with Gasteiger partial charge in [0.1, 0.15) is 24.0 Å². The second-order valence-corrected chi connectivity index (χ2v) is 10.4. The van der Waals surface area contributed by atoms with Crippen molar-refractivity contribution in [1.82, 2.24) is 19.9 Å². The number of ether oxygens (including phenoxy) is 1. The zero-order chi connectivity index (χ0) is 26.2. The maximum atomic E-state index is 15.4. The largest absolute Gasteiger partial charge is 0.488 e. The Morgan fingerprint density at radius 2 is 1.92 bits per heavy atom. The Balaban J connectivity index is 1.57.